The molecule has 0 bridgehead atoms. The van der Waals surface area contributed by atoms with Crippen molar-refractivity contribution in [2.75, 3.05) is 0 Å². The van der Waals surface area contributed by atoms with Gasteiger partial charge in [0.1, 0.15) is 0 Å². The minimum Gasteiger partial charge on any atom is -0.143 e. The lowest BCUT2D eigenvalue weighted by atomic mass is 9.74. The summed E-state index contributed by atoms with van der Waals surface area (Å²) in [6, 6.07) is 50.7. The van der Waals surface area contributed by atoms with E-state index in [4.69, 9.17) is 0 Å². The molecule has 234 valence electrons. The number of rotatable bonds is 6. The van der Waals surface area contributed by atoms with E-state index in [1.165, 1.54) is 0 Å². The molecule has 0 aliphatic heterocycles. The van der Waals surface area contributed by atoms with Gasteiger partial charge in [0.15, 0.2) is 0 Å². The summed E-state index contributed by atoms with van der Waals surface area (Å²) in [5, 5.41) is 0. The summed E-state index contributed by atoms with van der Waals surface area (Å²) in [6.07, 6.45) is 0. The topological polar surface area (TPSA) is 0 Å². The Balaban J connectivity index is 1.81. The maximum Gasteiger partial charge on any atom is 0.00404 e. The van der Waals surface area contributed by atoms with Gasteiger partial charge in [-0.25, -0.2) is 0 Å². The van der Waals surface area contributed by atoms with Crippen LogP contribution in [0.25, 0.3) is 66.8 Å². The van der Waals surface area contributed by atoms with E-state index >= 15 is 0 Å². The fourth-order valence-corrected chi connectivity index (χ4v) is 7.15. The molecule has 7 aromatic rings. The first-order valence-electron chi connectivity index (χ1n) is 15.3. The quantitative estimate of drug-likeness (QED) is 0.0904. The average Bonchev–Trinajstić information content (AvgIpc) is 3.10. The van der Waals surface area contributed by atoms with Gasteiger partial charge in [0.25, 0.3) is 0 Å². The molecule has 0 amide bonds. The molecule has 0 spiro atoms. The normalized spacial score (nSPS) is 11.1. The Morgan fingerprint density at radius 2 is 0.271 bits per heavy atom. The van der Waals surface area contributed by atoms with Crippen molar-refractivity contribution < 1.29 is 0 Å². The van der Waals surface area contributed by atoms with E-state index in [0.717, 1.165) is 96.1 Å². The Labute approximate surface area is 315 Å². The van der Waals surface area contributed by atoms with Crippen molar-refractivity contribution in [3.05, 3.63) is 146 Å². The molecule has 0 saturated carbocycles. The van der Waals surface area contributed by atoms with Crippen molar-refractivity contribution >= 4 is 75.8 Å². The molecule has 0 aliphatic carbocycles. The minimum absolute atomic E-state index is 0.901. The molecule has 6 heteroatoms. The molecule has 0 radical (unpaired) electrons. The van der Waals surface area contributed by atoms with E-state index in [-0.39, 0.29) is 0 Å². The lowest BCUT2D eigenvalue weighted by molar-refractivity contribution is 1.42. The zero-order valence-electron chi connectivity index (χ0n) is 25.5. The van der Waals surface area contributed by atoms with Crippen LogP contribution in [0, 0.1) is 0 Å². The summed E-state index contributed by atoms with van der Waals surface area (Å²) >= 11 is 28.0. The molecular formula is C42H30S6. The average molecular weight is 727 g/mol. The summed E-state index contributed by atoms with van der Waals surface area (Å²) in [5.41, 5.74) is 13.2. The summed E-state index contributed by atoms with van der Waals surface area (Å²) in [4.78, 5) is 5.41. The fourth-order valence-electron chi connectivity index (χ4n) is 6.25. The van der Waals surface area contributed by atoms with Crippen molar-refractivity contribution in [2.45, 2.75) is 29.4 Å². The fraction of sp³-hybridized carbons (Fsp3) is 0. The lowest BCUT2D eigenvalue weighted by Gasteiger charge is -2.29. The van der Waals surface area contributed by atoms with Gasteiger partial charge in [0, 0.05) is 29.4 Å². The molecule has 7 rings (SSSR count). The third kappa shape index (κ3) is 6.75. The third-order valence-corrected chi connectivity index (χ3v) is 10.2. The van der Waals surface area contributed by atoms with Gasteiger partial charge in [-0.15, -0.1) is 75.8 Å². The van der Waals surface area contributed by atoms with Gasteiger partial charge in [0.2, 0.25) is 0 Å². The van der Waals surface area contributed by atoms with Crippen molar-refractivity contribution in [3.63, 3.8) is 0 Å². The first-order valence-corrected chi connectivity index (χ1v) is 18.0. The van der Waals surface area contributed by atoms with Crippen LogP contribution in [0.15, 0.2) is 175 Å². The first-order chi connectivity index (χ1) is 23.3. The molecule has 0 fully saturated rings. The van der Waals surface area contributed by atoms with Gasteiger partial charge in [-0.05, 0) is 140 Å². The predicted octanol–water partition coefficient (Wildman–Crippen LogP) is 13.4. The monoisotopic (exact) mass is 726 g/mol. The zero-order chi connectivity index (χ0) is 33.4. The summed E-state index contributed by atoms with van der Waals surface area (Å²) in [6.45, 7) is 0. The number of benzene rings is 7. The number of hydrogen-bond acceptors (Lipinski definition) is 6. The Bertz CT molecular complexity index is 1780. The highest BCUT2D eigenvalue weighted by atomic mass is 32.1. The van der Waals surface area contributed by atoms with E-state index in [2.05, 4.69) is 221 Å². The molecule has 48 heavy (non-hydrogen) atoms. The molecule has 0 nitrogen and oxygen atoms in total. The highest BCUT2D eigenvalue weighted by Gasteiger charge is 2.29. The number of thiol groups is 6. The zero-order valence-corrected chi connectivity index (χ0v) is 30.9. The molecule has 0 aliphatic rings. The highest BCUT2D eigenvalue weighted by Crippen LogP contribution is 2.56. The Kier molecular flexibility index (Phi) is 9.84. The lowest BCUT2D eigenvalue weighted by Crippen LogP contribution is -2.02. The van der Waals surface area contributed by atoms with E-state index < -0.39 is 0 Å². The SMILES string of the molecule is Sc1ccc(-c2c(-c3ccc(S)cc3)c(-c3ccc(S)cc3)c(-c3ccc(S)cc3)c(-c3ccc(S)cc3)c2-c2ccc(S)cc2)cc1. The maximum absolute atomic E-state index is 4.67. The van der Waals surface area contributed by atoms with Crippen LogP contribution in [-0.4, -0.2) is 0 Å². The smallest absolute Gasteiger partial charge is 0.00404 e. The Morgan fingerprint density at radius 3 is 0.375 bits per heavy atom. The van der Waals surface area contributed by atoms with Gasteiger partial charge in [-0.2, -0.15) is 0 Å². The number of hydrogen-bond donors (Lipinski definition) is 6. The van der Waals surface area contributed by atoms with Crippen molar-refractivity contribution in [1.29, 1.82) is 0 Å². The van der Waals surface area contributed by atoms with Crippen LogP contribution in [-0.2, 0) is 0 Å². The van der Waals surface area contributed by atoms with Crippen LogP contribution >= 0.6 is 75.8 Å². The molecular weight excluding hydrogens is 697 g/mol. The van der Waals surface area contributed by atoms with Crippen molar-refractivity contribution in [1.82, 2.24) is 0 Å². The van der Waals surface area contributed by atoms with Crippen LogP contribution in [0.4, 0.5) is 0 Å². The minimum atomic E-state index is 0.901. The highest BCUT2D eigenvalue weighted by molar-refractivity contribution is 7.81. The first kappa shape index (κ1) is 33.2. The standard InChI is InChI=1S/C42H30S6/c43-31-13-1-25(2-14-31)37-38(26-3-15-32(44)16-4-26)40(28-7-19-34(46)20-8-28)42(30-11-23-36(48)24-12-30)41(29-9-21-35(47)22-10-29)39(37)27-5-17-33(45)18-6-27/h1-24,43-48H. The second kappa shape index (κ2) is 14.2. The van der Waals surface area contributed by atoms with E-state index in [0.29, 0.717) is 0 Å². The summed E-state index contributed by atoms with van der Waals surface area (Å²) in [7, 11) is 0. The van der Waals surface area contributed by atoms with E-state index in [1.54, 1.807) is 0 Å². The molecule has 0 heterocycles. The van der Waals surface area contributed by atoms with Crippen molar-refractivity contribution in [3.8, 4) is 66.8 Å². The van der Waals surface area contributed by atoms with Crippen LogP contribution in [0.3, 0.4) is 0 Å². The van der Waals surface area contributed by atoms with E-state index in [9.17, 15) is 0 Å². The third-order valence-electron chi connectivity index (χ3n) is 8.44. The molecule has 0 N–H and O–H groups in total. The van der Waals surface area contributed by atoms with Crippen LogP contribution < -0.4 is 0 Å². The second-order valence-electron chi connectivity index (χ2n) is 11.5. The molecule has 0 aromatic heterocycles. The molecule has 7 aromatic carbocycles. The van der Waals surface area contributed by atoms with Gasteiger partial charge in [-0.1, -0.05) is 72.8 Å². The predicted molar refractivity (Wildman–Crippen MR) is 223 cm³/mol. The second-order valence-corrected chi connectivity index (χ2v) is 14.6. The van der Waals surface area contributed by atoms with Crippen molar-refractivity contribution in [2.24, 2.45) is 0 Å². The Hall–Kier alpha value is -3.36. The van der Waals surface area contributed by atoms with Crippen LogP contribution in [0.1, 0.15) is 0 Å². The maximum atomic E-state index is 4.67. The molecule has 0 atom stereocenters. The van der Waals surface area contributed by atoms with Gasteiger partial charge in [0.05, 0.1) is 0 Å². The van der Waals surface area contributed by atoms with Crippen LogP contribution in [0.5, 0.6) is 0 Å². The molecule has 0 unspecified atom stereocenters. The summed E-state index contributed by atoms with van der Waals surface area (Å²) < 4.78 is 0. The molecule has 0 saturated heterocycles. The Morgan fingerprint density at radius 1 is 0.167 bits per heavy atom. The summed E-state index contributed by atoms with van der Waals surface area (Å²) in [5.74, 6) is 0. The largest absolute Gasteiger partial charge is 0.143 e. The van der Waals surface area contributed by atoms with Crippen LogP contribution in [0.2, 0.25) is 0 Å². The van der Waals surface area contributed by atoms with Gasteiger partial charge < -0.3 is 0 Å². The van der Waals surface area contributed by atoms with Gasteiger partial charge in [-0.3, -0.25) is 0 Å². The van der Waals surface area contributed by atoms with Gasteiger partial charge >= 0.3 is 0 Å². The van der Waals surface area contributed by atoms with E-state index in [1.807, 2.05) is 0 Å².